The molecule has 7 nitrogen and oxygen atoms in total. The van der Waals surface area contributed by atoms with Crippen molar-refractivity contribution in [1.29, 1.82) is 0 Å². The molecule has 1 N–H and O–H groups in total. The van der Waals surface area contributed by atoms with E-state index in [1.165, 1.54) is 12.3 Å². The second-order valence-corrected chi connectivity index (χ2v) is 8.31. The van der Waals surface area contributed by atoms with Gasteiger partial charge >= 0.3 is 0 Å². The average Bonchev–Trinajstić information content (AvgIpc) is 3.13. The Kier molecular flexibility index (Phi) is 6.05. The maximum absolute atomic E-state index is 12.9. The second-order valence-electron chi connectivity index (χ2n) is 6.37. The second kappa shape index (κ2) is 8.46. The lowest BCUT2D eigenvalue weighted by Crippen LogP contribution is -2.34. The number of aromatic nitrogens is 1. The number of rotatable bonds is 5. The number of sulfonamides is 1. The summed E-state index contributed by atoms with van der Waals surface area (Å²) in [5.41, 5.74) is 0.907. The first-order chi connectivity index (χ1) is 12.6. The zero-order valence-corrected chi connectivity index (χ0v) is 15.4. The van der Waals surface area contributed by atoms with Gasteiger partial charge in [0.25, 0.3) is 5.91 Å². The summed E-state index contributed by atoms with van der Waals surface area (Å²) < 4.78 is 32.1. The molecular weight excluding hydrogens is 354 g/mol. The van der Waals surface area contributed by atoms with Gasteiger partial charge < -0.3 is 9.84 Å². The van der Waals surface area contributed by atoms with E-state index in [4.69, 9.17) is 4.52 Å². The van der Waals surface area contributed by atoms with Crippen molar-refractivity contribution < 1.29 is 17.7 Å². The van der Waals surface area contributed by atoms with Crippen molar-refractivity contribution in [3.05, 3.63) is 47.9 Å². The summed E-state index contributed by atoms with van der Waals surface area (Å²) in [6.07, 6.45) is 6.44. The highest BCUT2D eigenvalue weighted by atomic mass is 32.2. The molecule has 1 fully saturated rings. The molecular formula is C18H23N3O4S. The highest BCUT2D eigenvalue weighted by Gasteiger charge is 2.25. The van der Waals surface area contributed by atoms with Crippen LogP contribution < -0.4 is 5.32 Å². The fourth-order valence-electron chi connectivity index (χ4n) is 3.01. The Hall–Kier alpha value is -2.19. The summed E-state index contributed by atoms with van der Waals surface area (Å²) in [6.45, 7) is 1.29. The summed E-state index contributed by atoms with van der Waals surface area (Å²) in [7, 11) is -3.59. The van der Waals surface area contributed by atoms with Crippen LogP contribution in [0.1, 0.15) is 48.2 Å². The van der Waals surface area contributed by atoms with Gasteiger partial charge in [0.15, 0.2) is 0 Å². The molecule has 0 spiro atoms. The molecule has 1 aromatic heterocycles. The van der Waals surface area contributed by atoms with Crippen molar-refractivity contribution in [3.8, 4) is 0 Å². The largest absolute Gasteiger partial charge is 0.364 e. The van der Waals surface area contributed by atoms with Crippen LogP contribution in [0.3, 0.4) is 0 Å². The minimum Gasteiger partial charge on any atom is -0.364 e. The van der Waals surface area contributed by atoms with Crippen LogP contribution in [0.5, 0.6) is 0 Å². The van der Waals surface area contributed by atoms with Crippen molar-refractivity contribution >= 4 is 15.9 Å². The predicted molar refractivity (Wildman–Crippen MR) is 96.0 cm³/mol. The van der Waals surface area contributed by atoms with Crippen molar-refractivity contribution in [3.63, 3.8) is 0 Å². The van der Waals surface area contributed by atoms with Gasteiger partial charge in [-0.05, 0) is 31.0 Å². The Morgan fingerprint density at radius 1 is 1.12 bits per heavy atom. The average molecular weight is 377 g/mol. The third kappa shape index (κ3) is 4.50. The molecule has 1 aromatic carbocycles. The molecule has 26 heavy (non-hydrogen) atoms. The number of nitrogens with one attached hydrogen (secondary N) is 1. The van der Waals surface area contributed by atoms with Gasteiger partial charge in [-0.2, -0.15) is 4.31 Å². The molecule has 140 valence electrons. The summed E-state index contributed by atoms with van der Waals surface area (Å²) in [6, 6.07) is 7.84. The third-order valence-corrected chi connectivity index (χ3v) is 6.36. The Morgan fingerprint density at radius 2 is 1.85 bits per heavy atom. The molecule has 0 unspecified atom stereocenters. The Balaban J connectivity index is 1.73. The molecule has 1 aliphatic rings. The molecule has 0 bridgehead atoms. The van der Waals surface area contributed by atoms with Crippen molar-refractivity contribution in [2.45, 2.75) is 43.5 Å². The first kappa shape index (κ1) is 18.6. The normalized spacial score (nSPS) is 16.6. The lowest BCUT2D eigenvalue weighted by molar-refractivity contribution is 0.0950. The number of carbonyl (C=O) groups is 1. The van der Waals surface area contributed by atoms with Gasteiger partial charge in [-0.3, -0.25) is 4.79 Å². The maximum Gasteiger partial charge on any atom is 0.251 e. The third-order valence-electron chi connectivity index (χ3n) is 4.47. The lowest BCUT2D eigenvalue weighted by atomic mass is 10.1. The predicted octanol–water partition coefficient (Wildman–Crippen LogP) is 2.56. The molecule has 1 aliphatic heterocycles. The van der Waals surface area contributed by atoms with Gasteiger partial charge in [-0.15, -0.1) is 0 Å². The van der Waals surface area contributed by atoms with E-state index in [0.29, 0.717) is 24.3 Å². The summed E-state index contributed by atoms with van der Waals surface area (Å²) in [5.74, 6) is -0.349. The Bertz CT molecular complexity index is 826. The monoisotopic (exact) mass is 377 g/mol. The zero-order chi connectivity index (χ0) is 18.4. The number of hydrogen-bond donors (Lipinski definition) is 1. The summed E-state index contributed by atoms with van der Waals surface area (Å²) in [5, 5.41) is 6.43. The molecule has 2 aromatic rings. The van der Waals surface area contributed by atoms with Crippen LogP contribution in [0.25, 0.3) is 0 Å². The van der Waals surface area contributed by atoms with E-state index in [0.717, 1.165) is 32.1 Å². The van der Waals surface area contributed by atoms with Crippen molar-refractivity contribution in [1.82, 2.24) is 14.8 Å². The summed E-state index contributed by atoms with van der Waals surface area (Å²) in [4.78, 5) is 12.5. The highest BCUT2D eigenvalue weighted by Crippen LogP contribution is 2.21. The van der Waals surface area contributed by atoms with Gasteiger partial charge in [0.2, 0.25) is 10.0 Å². The molecule has 0 aliphatic carbocycles. The quantitative estimate of drug-likeness (QED) is 0.864. The van der Waals surface area contributed by atoms with Gasteiger partial charge in [0.05, 0.1) is 11.4 Å². The van der Waals surface area contributed by atoms with Crippen LogP contribution in [0.15, 0.2) is 46.0 Å². The van der Waals surface area contributed by atoms with Gasteiger partial charge in [-0.25, -0.2) is 8.42 Å². The SMILES string of the molecule is O=C(NCc1ccon1)c1cccc(S(=O)(=O)N2CCCCCCC2)c1. The fraction of sp³-hybridized carbons (Fsp3) is 0.444. The first-order valence-electron chi connectivity index (χ1n) is 8.85. The van der Waals surface area contributed by atoms with Crippen molar-refractivity contribution in [2.75, 3.05) is 13.1 Å². The minimum absolute atomic E-state index is 0.159. The van der Waals surface area contributed by atoms with Crippen LogP contribution in [0.4, 0.5) is 0 Å². The summed E-state index contributed by atoms with van der Waals surface area (Å²) >= 11 is 0. The van der Waals surface area contributed by atoms with E-state index >= 15 is 0 Å². The van der Waals surface area contributed by atoms with E-state index in [9.17, 15) is 13.2 Å². The molecule has 0 atom stereocenters. The van der Waals surface area contributed by atoms with E-state index in [-0.39, 0.29) is 17.3 Å². The highest BCUT2D eigenvalue weighted by molar-refractivity contribution is 7.89. The topological polar surface area (TPSA) is 92.5 Å². The number of hydrogen-bond acceptors (Lipinski definition) is 5. The Morgan fingerprint density at radius 3 is 2.54 bits per heavy atom. The fourth-order valence-corrected chi connectivity index (χ4v) is 4.57. The lowest BCUT2D eigenvalue weighted by Gasteiger charge is -2.24. The molecule has 1 saturated heterocycles. The number of benzene rings is 1. The van der Waals surface area contributed by atoms with E-state index in [1.807, 2.05) is 0 Å². The molecule has 8 heteroatoms. The molecule has 3 rings (SSSR count). The maximum atomic E-state index is 12.9. The molecule has 0 saturated carbocycles. The number of nitrogens with zero attached hydrogens (tertiary/aromatic N) is 2. The minimum atomic E-state index is -3.59. The number of carbonyl (C=O) groups excluding carboxylic acids is 1. The van der Waals surface area contributed by atoms with E-state index in [2.05, 4.69) is 10.5 Å². The Labute approximate surface area is 153 Å². The van der Waals surface area contributed by atoms with Crippen LogP contribution in [0.2, 0.25) is 0 Å². The first-order valence-corrected chi connectivity index (χ1v) is 10.3. The van der Waals surface area contributed by atoms with Crippen LogP contribution >= 0.6 is 0 Å². The molecule has 0 radical (unpaired) electrons. The number of amides is 1. The van der Waals surface area contributed by atoms with Crippen LogP contribution in [-0.4, -0.2) is 36.9 Å². The van der Waals surface area contributed by atoms with Gasteiger partial charge in [0.1, 0.15) is 12.0 Å². The smallest absolute Gasteiger partial charge is 0.251 e. The van der Waals surface area contributed by atoms with Gasteiger partial charge in [0, 0.05) is 24.7 Å². The van der Waals surface area contributed by atoms with E-state index < -0.39 is 10.0 Å². The molecule has 2 heterocycles. The van der Waals surface area contributed by atoms with Crippen LogP contribution in [0, 0.1) is 0 Å². The zero-order valence-electron chi connectivity index (χ0n) is 14.6. The van der Waals surface area contributed by atoms with Gasteiger partial charge in [-0.1, -0.05) is 30.5 Å². The van der Waals surface area contributed by atoms with Crippen molar-refractivity contribution in [2.24, 2.45) is 0 Å². The van der Waals surface area contributed by atoms with Crippen LogP contribution in [-0.2, 0) is 16.6 Å². The molecule has 1 amide bonds. The standard InChI is InChI=1S/C18H23N3O4S/c22-18(19-14-16-9-12-25-20-16)15-7-6-8-17(13-15)26(23,24)21-10-4-2-1-3-5-11-21/h6-9,12-13H,1-5,10-11,14H2,(H,19,22). The van der Waals surface area contributed by atoms with E-state index in [1.54, 1.807) is 28.6 Å².